The zero-order chi connectivity index (χ0) is 18.6. The molecule has 2 aromatic rings. The Bertz CT molecular complexity index is 847. The number of nitrogens with one attached hydrogen (secondary N) is 1. The van der Waals surface area contributed by atoms with Crippen molar-refractivity contribution in [2.24, 2.45) is 5.92 Å². The van der Waals surface area contributed by atoms with Gasteiger partial charge in [0.25, 0.3) is 10.0 Å². The van der Waals surface area contributed by atoms with Crippen LogP contribution in [0.4, 0.5) is 10.1 Å². The normalized spacial score (nSPS) is 15.8. The van der Waals surface area contributed by atoms with Crippen LogP contribution in [0.2, 0.25) is 0 Å². The second-order valence-electron chi connectivity index (χ2n) is 6.14. The third kappa shape index (κ3) is 4.53. The lowest BCUT2D eigenvalue weighted by atomic mass is 10.0. The van der Waals surface area contributed by atoms with E-state index in [0.29, 0.717) is 24.8 Å². The molecule has 1 aliphatic heterocycles. The molecule has 7 nitrogen and oxygen atoms in total. The Balaban J connectivity index is 1.68. The van der Waals surface area contributed by atoms with E-state index in [0.717, 1.165) is 32.1 Å². The summed E-state index contributed by atoms with van der Waals surface area (Å²) in [6.45, 7) is 4.23. The molecule has 1 fully saturated rings. The Hall–Kier alpha value is -2.13. The molecule has 1 aromatic carbocycles. The minimum absolute atomic E-state index is 0.0238. The zero-order valence-corrected chi connectivity index (χ0v) is 15.3. The maximum atomic E-state index is 13.9. The fourth-order valence-corrected chi connectivity index (χ4v) is 3.88. The molecule has 1 N–H and O–H groups in total. The van der Waals surface area contributed by atoms with Crippen molar-refractivity contribution in [2.45, 2.75) is 31.2 Å². The van der Waals surface area contributed by atoms with E-state index >= 15 is 0 Å². The van der Waals surface area contributed by atoms with Crippen LogP contribution in [-0.2, 0) is 21.3 Å². The third-order valence-electron chi connectivity index (χ3n) is 4.19. The molecule has 0 amide bonds. The van der Waals surface area contributed by atoms with Gasteiger partial charge in [-0.3, -0.25) is 9.40 Å². The van der Waals surface area contributed by atoms with Gasteiger partial charge in [-0.05, 0) is 43.9 Å². The smallest absolute Gasteiger partial charge is 0.262 e. The van der Waals surface area contributed by atoms with Crippen molar-refractivity contribution in [3.05, 3.63) is 36.4 Å². The Morgan fingerprint density at radius 1 is 1.38 bits per heavy atom. The van der Waals surface area contributed by atoms with Gasteiger partial charge in [0.2, 0.25) is 0 Å². The molecule has 9 heteroatoms. The highest BCUT2D eigenvalue weighted by Gasteiger charge is 2.19. The number of anilines is 1. The summed E-state index contributed by atoms with van der Waals surface area (Å²) in [6.07, 6.45) is 5.01. The summed E-state index contributed by atoms with van der Waals surface area (Å²) >= 11 is 0. The Morgan fingerprint density at radius 3 is 2.85 bits per heavy atom. The number of benzene rings is 1. The molecule has 142 valence electrons. The number of hydrogen-bond acceptors (Lipinski definition) is 5. The average Bonchev–Trinajstić information content (AvgIpc) is 3.04. The molecule has 3 rings (SSSR count). The molecule has 1 aromatic heterocycles. The van der Waals surface area contributed by atoms with Gasteiger partial charge >= 0.3 is 0 Å². The molecular formula is C17H22FN3O4S. The van der Waals surface area contributed by atoms with Crippen molar-refractivity contribution < 1.29 is 22.3 Å². The average molecular weight is 383 g/mol. The molecule has 0 bridgehead atoms. The molecule has 0 atom stereocenters. The van der Waals surface area contributed by atoms with Gasteiger partial charge in [-0.1, -0.05) is 0 Å². The summed E-state index contributed by atoms with van der Waals surface area (Å²) in [6, 6.07) is 3.56. The number of aromatic nitrogens is 2. The fraction of sp³-hybridized carbons (Fsp3) is 0.471. The lowest BCUT2D eigenvalue weighted by Crippen LogP contribution is -2.20. The predicted octanol–water partition coefficient (Wildman–Crippen LogP) is 2.65. The van der Waals surface area contributed by atoms with Crippen molar-refractivity contribution in [1.82, 2.24) is 9.78 Å². The minimum Gasteiger partial charge on any atom is -0.491 e. The first-order valence-corrected chi connectivity index (χ1v) is 10.0. The van der Waals surface area contributed by atoms with E-state index in [1.165, 1.54) is 18.3 Å². The summed E-state index contributed by atoms with van der Waals surface area (Å²) in [5.74, 6) is -0.228. The van der Waals surface area contributed by atoms with Crippen LogP contribution in [0.5, 0.6) is 5.75 Å². The summed E-state index contributed by atoms with van der Waals surface area (Å²) in [5, 5.41) is 4.20. The number of halogens is 1. The van der Waals surface area contributed by atoms with Crippen molar-refractivity contribution >= 4 is 15.7 Å². The molecular weight excluding hydrogens is 361 g/mol. The van der Waals surface area contributed by atoms with Gasteiger partial charge in [-0.15, -0.1) is 0 Å². The Kier molecular flexibility index (Phi) is 5.77. The third-order valence-corrected chi connectivity index (χ3v) is 5.56. The van der Waals surface area contributed by atoms with Crippen molar-refractivity contribution in [2.75, 3.05) is 24.5 Å². The van der Waals surface area contributed by atoms with Gasteiger partial charge in [-0.2, -0.15) is 5.10 Å². The molecule has 0 unspecified atom stereocenters. The Morgan fingerprint density at radius 2 is 2.15 bits per heavy atom. The van der Waals surface area contributed by atoms with Crippen LogP contribution in [0.3, 0.4) is 0 Å². The highest BCUT2D eigenvalue weighted by atomic mass is 32.2. The predicted molar refractivity (Wildman–Crippen MR) is 94.1 cm³/mol. The van der Waals surface area contributed by atoms with Gasteiger partial charge in [0.1, 0.15) is 0 Å². The minimum atomic E-state index is -3.91. The van der Waals surface area contributed by atoms with Crippen LogP contribution in [0.15, 0.2) is 35.5 Å². The van der Waals surface area contributed by atoms with Gasteiger partial charge in [-0.25, -0.2) is 12.8 Å². The highest BCUT2D eigenvalue weighted by Crippen LogP contribution is 2.23. The second kappa shape index (κ2) is 8.05. The first kappa shape index (κ1) is 18.7. The molecule has 1 aliphatic rings. The second-order valence-corrected chi connectivity index (χ2v) is 7.82. The maximum Gasteiger partial charge on any atom is 0.262 e. The van der Waals surface area contributed by atoms with Crippen LogP contribution in [0.25, 0.3) is 0 Å². The monoisotopic (exact) mass is 383 g/mol. The molecule has 0 aliphatic carbocycles. The first-order valence-electron chi connectivity index (χ1n) is 8.53. The largest absolute Gasteiger partial charge is 0.491 e. The first-order chi connectivity index (χ1) is 12.5. The van der Waals surface area contributed by atoms with Crippen molar-refractivity contribution in [3.63, 3.8) is 0 Å². The SMILES string of the molecule is CCOc1ccc(S(=O)(=O)Nc2cnn(CC3CCOCC3)c2)cc1F. The van der Waals surface area contributed by atoms with Crippen LogP contribution < -0.4 is 9.46 Å². The molecule has 0 saturated carbocycles. The molecule has 2 heterocycles. The molecule has 26 heavy (non-hydrogen) atoms. The maximum absolute atomic E-state index is 13.9. The van der Waals surface area contributed by atoms with E-state index in [2.05, 4.69) is 9.82 Å². The fourth-order valence-electron chi connectivity index (χ4n) is 2.84. The van der Waals surface area contributed by atoms with E-state index in [4.69, 9.17) is 9.47 Å². The van der Waals surface area contributed by atoms with Crippen LogP contribution in [0.1, 0.15) is 19.8 Å². The topological polar surface area (TPSA) is 82.5 Å². The highest BCUT2D eigenvalue weighted by molar-refractivity contribution is 7.92. The van der Waals surface area contributed by atoms with Crippen molar-refractivity contribution in [1.29, 1.82) is 0 Å². The number of sulfonamides is 1. The van der Waals surface area contributed by atoms with Crippen molar-refractivity contribution in [3.8, 4) is 5.75 Å². The molecule has 0 radical (unpaired) electrons. The summed E-state index contributed by atoms with van der Waals surface area (Å²) < 4.78 is 53.4. The summed E-state index contributed by atoms with van der Waals surface area (Å²) in [5.41, 5.74) is 0.339. The number of rotatable bonds is 7. The Labute approximate surface area is 152 Å². The van der Waals surface area contributed by atoms with E-state index in [1.807, 2.05) is 0 Å². The van der Waals surface area contributed by atoms with Gasteiger partial charge in [0.15, 0.2) is 11.6 Å². The van der Waals surface area contributed by atoms with E-state index in [9.17, 15) is 12.8 Å². The van der Waals surface area contributed by atoms with E-state index < -0.39 is 15.8 Å². The standard InChI is InChI=1S/C17H22FN3O4S/c1-2-25-17-4-3-15(9-16(17)18)26(22,23)20-14-10-19-21(12-14)11-13-5-7-24-8-6-13/h3-4,9-10,12-13,20H,2,5-8,11H2,1H3. The zero-order valence-electron chi connectivity index (χ0n) is 14.5. The van der Waals surface area contributed by atoms with Crippen LogP contribution in [-0.4, -0.2) is 38.0 Å². The van der Waals surface area contributed by atoms with Gasteiger partial charge in [0.05, 0.1) is 23.4 Å². The van der Waals surface area contributed by atoms with Gasteiger partial charge in [0, 0.05) is 26.0 Å². The van der Waals surface area contributed by atoms with Gasteiger partial charge < -0.3 is 9.47 Å². The number of ether oxygens (including phenoxy) is 2. The quantitative estimate of drug-likeness (QED) is 0.795. The summed E-state index contributed by atoms with van der Waals surface area (Å²) in [7, 11) is -3.91. The van der Waals surface area contributed by atoms with E-state index in [1.54, 1.807) is 17.8 Å². The van der Waals surface area contributed by atoms with Crippen LogP contribution in [0, 0.1) is 11.7 Å². The molecule has 1 saturated heterocycles. The number of hydrogen-bond donors (Lipinski definition) is 1. The number of nitrogens with zero attached hydrogens (tertiary/aromatic N) is 2. The molecule has 0 spiro atoms. The summed E-state index contributed by atoms with van der Waals surface area (Å²) in [4.78, 5) is -0.171. The van der Waals surface area contributed by atoms with Crippen LogP contribution >= 0.6 is 0 Å². The van der Waals surface area contributed by atoms with E-state index in [-0.39, 0.29) is 10.6 Å². The lowest BCUT2D eigenvalue weighted by Gasteiger charge is -2.21. The lowest BCUT2D eigenvalue weighted by molar-refractivity contribution is 0.0601.